The lowest BCUT2D eigenvalue weighted by Crippen LogP contribution is -2.40. The Bertz CT molecular complexity index is 1230. The Morgan fingerprint density at radius 3 is 2.51 bits per heavy atom. The lowest BCUT2D eigenvalue weighted by Gasteiger charge is -2.18. The molecule has 1 aromatic carbocycles. The molecule has 35 heavy (non-hydrogen) atoms. The molecule has 0 unspecified atom stereocenters. The normalized spacial score (nSPS) is 11.5. The number of carbonyl (C=O) groups excluding carboxylic acids is 2. The van der Waals surface area contributed by atoms with Gasteiger partial charge in [-0.05, 0) is 36.9 Å². The largest absolute Gasteiger partial charge is 0.366 e. The Morgan fingerprint density at radius 2 is 1.89 bits per heavy atom. The summed E-state index contributed by atoms with van der Waals surface area (Å²) >= 11 is 0. The summed E-state index contributed by atoms with van der Waals surface area (Å²) < 4.78 is 42.7. The number of nitrogens with zero attached hydrogens (tertiary/aromatic N) is 3. The molecule has 2 aromatic heterocycles. The minimum absolute atomic E-state index is 0.0387. The number of primary amides is 1. The summed E-state index contributed by atoms with van der Waals surface area (Å²) in [6, 6.07) is 2.97. The Kier molecular flexibility index (Phi) is 8.02. The molecule has 3 aromatic rings. The molecule has 1 atom stereocenters. The van der Waals surface area contributed by atoms with E-state index in [0.717, 1.165) is 24.5 Å². The van der Waals surface area contributed by atoms with Gasteiger partial charge in [0.05, 0.1) is 17.8 Å². The molecule has 0 radical (unpaired) electrons. The number of urea groups is 1. The number of anilines is 1. The van der Waals surface area contributed by atoms with E-state index in [0.29, 0.717) is 11.8 Å². The number of aryl methyl sites for hydroxylation is 1. The fraction of sp³-hybridized carbons (Fsp3) is 0.227. The zero-order chi connectivity index (χ0) is 25.5. The maximum absolute atomic E-state index is 14.3. The van der Waals surface area contributed by atoms with Gasteiger partial charge in [-0.25, -0.2) is 22.9 Å². The first-order valence-corrected chi connectivity index (χ1v) is 10.4. The van der Waals surface area contributed by atoms with Gasteiger partial charge in [0.15, 0.2) is 11.6 Å². The molecule has 10 nitrogen and oxygen atoms in total. The van der Waals surface area contributed by atoms with Crippen LogP contribution in [0.4, 0.5) is 23.9 Å². The molecule has 2 heterocycles. The van der Waals surface area contributed by atoms with Crippen LogP contribution in [-0.2, 0) is 0 Å². The molecular formula is C22H23F3N8O2. The molecule has 184 valence electrons. The molecule has 0 aliphatic carbocycles. The molecule has 13 heteroatoms. The third kappa shape index (κ3) is 6.56. The fourth-order valence-electron chi connectivity index (χ4n) is 3.28. The Balaban J connectivity index is 1.57. The number of hydrogen-bond acceptors (Lipinski definition) is 6. The standard InChI is InChI=1S/C22H23F3N8O2/c1-12-6-14(19(27)34)11-33(12)20-17(25)10-30-21(32-20)28-4-5-29-22(35)31-18(2-3-26)13-7-15(23)9-16(24)8-13/h3,6-11,18,26H,2,4-5H2,1H3,(H2,27,34)(H,28,30,32)(H2,29,31,35)/t18-/m0/s1. The molecule has 0 saturated heterocycles. The predicted octanol–water partition coefficient (Wildman–Crippen LogP) is 2.58. The highest BCUT2D eigenvalue weighted by atomic mass is 19.1. The lowest BCUT2D eigenvalue weighted by atomic mass is 10.0. The molecule has 0 bridgehead atoms. The van der Waals surface area contributed by atoms with Crippen molar-refractivity contribution < 1.29 is 22.8 Å². The Hall–Kier alpha value is -4.42. The van der Waals surface area contributed by atoms with E-state index in [9.17, 15) is 22.8 Å². The van der Waals surface area contributed by atoms with Gasteiger partial charge < -0.3 is 31.7 Å². The second-order valence-electron chi connectivity index (χ2n) is 7.49. The topological polar surface area (TPSA) is 151 Å². The van der Waals surface area contributed by atoms with E-state index < -0.39 is 35.4 Å². The molecule has 3 amide bonds. The number of rotatable bonds is 10. The molecule has 3 rings (SSSR count). The zero-order valence-corrected chi connectivity index (χ0v) is 18.6. The van der Waals surface area contributed by atoms with Crippen molar-refractivity contribution in [2.75, 3.05) is 18.4 Å². The van der Waals surface area contributed by atoms with E-state index in [1.54, 1.807) is 6.92 Å². The van der Waals surface area contributed by atoms with E-state index in [4.69, 9.17) is 11.1 Å². The highest BCUT2D eigenvalue weighted by Gasteiger charge is 2.16. The first-order chi connectivity index (χ1) is 16.7. The fourth-order valence-corrected chi connectivity index (χ4v) is 3.28. The predicted molar refractivity (Wildman–Crippen MR) is 122 cm³/mol. The highest BCUT2D eigenvalue weighted by molar-refractivity contribution is 5.93. The second kappa shape index (κ2) is 11.1. The number of aromatic nitrogens is 3. The number of benzene rings is 1. The van der Waals surface area contributed by atoms with Crippen molar-refractivity contribution in [2.24, 2.45) is 5.73 Å². The number of nitrogens with one attached hydrogen (secondary N) is 4. The molecule has 0 fully saturated rings. The van der Waals surface area contributed by atoms with Gasteiger partial charge in [0.25, 0.3) is 0 Å². The number of nitrogens with two attached hydrogens (primary N) is 1. The molecule has 0 spiro atoms. The van der Waals surface area contributed by atoms with Crippen LogP contribution in [0.2, 0.25) is 0 Å². The van der Waals surface area contributed by atoms with Crippen LogP contribution in [0.25, 0.3) is 5.82 Å². The van der Waals surface area contributed by atoms with Crippen LogP contribution >= 0.6 is 0 Å². The maximum Gasteiger partial charge on any atom is 0.315 e. The van der Waals surface area contributed by atoms with Crippen LogP contribution in [0.5, 0.6) is 0 Å². The van der Waals surface area contributed by atoms with Crippen molar-refractivity contribution >= 4 is 24.1 Å². The van der Waals surface area contributed by atoms with Crippen LogP contribution in [0.3, 0.4) is 0 Å². The molecule has 0 aliphatic heterocycles. The Labute approximate surface area is 198 Å². The number of amides is 3. The number of hydrogen-bond donors (Lipinski definition) is 5. The van der Waals surface area contributed by atoms with Crippen LogP contribution in [-0.4, -0.2) is 45.8 Å². The van der Waals surface area contributed by atoms with Crippen LogP contribution < -0.4 is 21.7 Å². The van der Waals surface area contributed by atoms with Crippen molar-refractivity contribution in [1.82, 2.24) is 25.2 Å². The van der Waals surface area contributed by atoms with Crippen molar-refractivity contribution in [3.63, 3.8) is 0 Å². The second-order valence-corrected chi connectivity index (χ2v) is 7.49. The lowest BCUT2D eigenvalue weighted by molar-refractivity contribution is 0.1000. The van der Waals surface area contributed by atoms with E-state index in [1.165, 1.54) is 16.8 Å². The third-order valence-corrected chi connectivity index (χ3v) is 4.89. The molecular weight excluding hydrogens is 465 g/mol. The van der Waals surface area contributed by atoms with Gasteiger partial charge in [0.2, 0.25) is 11.9 Å². The summed E-state index contributed by atoms with van der Waals surface area (Å²) in [6.07, 6.45) is 3.40. The van der Waals surface area contributed by atoms with E-state index in [1.807, 2.05) is 0 Å². The van der Waals surface area contributed by atoms with E-state index >= 15 is 0 Å². The quantitative estimate of drug-likeness (QED) is 0.220. The van der Waals surface area contributed by atoms with Gasteiger partial charge in [-0.15, -0.1) is 0 Å². The van der Waals surface area contributed by atoms with Gasteiger partial charge in [-0.3, -0.25) is 4.79 Å². The maximum atomic E-state index is 14.3. The summed E-state index contributed by atoms with van der Waals surface area (Å²) in [5.74, 6) is -2.96. The van der Waals surface area contributed by atoms with Gasteiger partial charge in [-0.2, -0.15) is 4.98 Å². The molecule has 0 aliphatic rings. The average Bonchev–Trinajstić information content (AvgIpc) is 3.18. The van der Waals surface area contributed by atoms with Crippen LogP contribution in [0, 0.1) is 29.8 Å². The van der Waals surface area contributed by atoms with Gasteiger partial charge in [-0.1, -0.05) is 0 Å². The summed E-state index contributed by atoms with van der Waals surface area (Å²) in [7, 11) is 0. The van der Waals surface area contributed by atoms with Crippen molar-refractivity contribution in [1.29, 1.82) is 5.41 Å². The van der Waals surface area contributed by atoms with Crippen molar-refractivity contribution in [3.8, 4) is 5.82 Å². The van der Waals surface area contributed by atoms with Crippen LogP contribution in [0.15, 0.2) is 36.7 Å². The average molecular weight is 488 g/mol. The summed E-state index contributed by atoms with van der Waals surface area (Å²) in [5, 5.41) is 15.2. The summed E-state index contributed by atoms with van der Waals surface area (Å²) in [6.45, 7) is 1.93. The van der Waals surface area contributed by atoms with Gasteiger partial charge in [0.1, 0.15) is 11.6 Å². The van der Waals surface area contributed by atoms with Crippen molar-refractivity contribution in [2.45, 2.75) is 19.4 Å². The smallest absolute Gasteiger partial charge is 0.315 e. The van der Waals surface area contributed by atoms with Crippen LogP contribution in [0.1, 0.15) is 34.1 Å². The third-order valence-electron chi connectivity index (χ3n) is 4.89. The number of carbonyl (C=O) groups is 2. The molecule has 0 saturated carbocycles. The minimum Gasteiger partial charge on any atom is -0.366 e. The van der Waals surface area contributed by atoms with Gasteiger partial charge >= 0.3 is 6.03 Å². The zero-order valence-electron chi connectivity index (χ0n) is 18.6. The van der Waals surface area contributed by atoms with Gasteiger partial charge in [0, 0.05) is 37.5 Å². The SMILES string of the molecule is Cc1cc(C(N)=O)cn1-c1nc(NCCNC(=O)N[C@@H](CC=N)c2cc(F)cc(F)c2)ncc1F. The first-order valence-electron chi connectivity index (χ1n) is 10.4. The minimum atomic E-state index is -0.802. The van der Waals surface area contributed by atoms with E-state index in [-0.39, 0.29) is 42.4 Å². The Morgan fingerprint density at radius 1 is 1.17 bits per heavy atom. The number of halogens is 3. The summed E-state index contributed by atoms with van der Waals surface area (Å²) in [5.41, 5.74) is 6.19. The highest BCUT2D eigenvalue weighted by Crippen LogP contribution is 2.19. The first kappa shape index (κ1) is 25.2. The van der Waals surface area contributed by atoms with Crippen molar-refractivity contribution in [3.05, 3.63) is 70.9 Å². The molecule has 6 N–H and O–H groups in total. The monoisotopic (exact) mass is 488 g/mol. The summed E-state index contributed by atoms with van der Waals surface area (Å²) in [4.78, 5) is 31.6. The van der Waals surface area contributed by atoms with E-state index in [2.05, 4.69) is 25.9 Å².